The van der Waals surface area contributed by atoms with Crippen LogP contribution in [0.5, 0.6) is 0 Å². The Morgan fingerprint density at radius 2 is 1.53 bits per heavy atom. The number of carbonyl (C=O) groups is 1. The van der Waals surface area contributed by atoms with Gasteiger partial charge in [-0.1, -0.05) is 29.8 Å². The minimum Gasteiger partial charge on any atom is -0.441 e. The van der Waals surface area contributed by atoms with E-state index in [0.717, 1.165) is 30.4 Å². The highest BCUT2D eigenvalue weighted by Gasteiger charge is 2.37. The molecule has 0 bridgehead atoms. The summed E-state index contributed by atoms with van der Waals surface area (Å²) < 4.78 is 89.5. The maximum Gasteiger partial charge on any atom is 0.416 e. The van der Waals surface area contributed by atoms with Gasteiger partial charge in [0, 0.05) is 6.54 Å². The van der Waals surface area contributed by atoms with E-state index in [1.54, 1.807) is 18.7 Å². The molecule has 1 aliphatic heterocycles. The van der Waals surface area contributed by atoms with Crippen molar-refractivity contribution in [1.82, 2.24) is 4.90 Å². The summed E-state index contributed by atoms with van der Waals surface area (Å²) in [6.45, 7) is 4.90. The average Bonchev–Trinajstić information content (AvgIpc) is 2.78. The first-order chi connectivity index (χ1) is 16.7. The first kappa shape index (κ1) is 27.8. The SMILES string of the molecule is Cc1ccc(C2CCCCN2C(=O)OC(C)(C)COCc2cc(C(F)(F)F)cc(C(F)(F)F)c2)cc1. The van der Waals surface area contributed by atoms with E-state index in [1.807, 2.05) is 31.2 Å². The molecule has 36 heavy (non-hydrogen) atoms. The Labute approximate surface area is 206 Å². The summed E-state index contributed by atoms with van der Waals surface area (Å²) in [6.07, 6.45) is -7.85. The van der Waals surface area contributed by atoms with E-state index in [1.165, 1.54) is 0 Å². The van der Waals surface area contributed by atoms with E-state index >= 15 is 0 Å². The predicted octanol–water partition coefficient (Wildman–Crippen LogP) is 7.69. The van der Waals surface area contributed by atoms with Crippen molar-refractivity contribution in [3.63, 3.8) is 0 Å². The maximum atomic E-state index is 13.1. The first-order valence-corrected chi connectivity index (χ1v) is 11.6. The number of rotatable bonds is 6. The van der Waals surface area contributed by atoms with Gasteiger partial charge in [0.15, 0.2) is 0 Å². The number of piperidine rings is 1. The third-order valence-electron chi connectivity index (χ3n) is 5.93. The lowest BCUT2D eigenvalue weighted by atomic mass is 9.95. The van der Waals surface area contributed by atoms with Gasteiger partial charge in [-0.05, 0) is 69.4 Å². The molecule has 1 heterocycles. The van der Waals surface area contributed by atoms with Gasteiger partial charge in [0.25, 0.3) is 0 Å². The highest BCUT2D eigenvalue weighted by Crippen LogP contribution is 2.37. The Balaban J connectivity index is 1.65. The van der Waals surface area contributed by atoms with E-state index < -0.39 is 41.8 Å². The first-order valence-electron chi connectivity index (χ1n) is 11.6. The van der Waals surface area contributed by atoms with E-state index in [2.05, 4.69) is 0 Å². The number of ether oxygens (including phenoxy) is 2. The van der Waals surface area contributed by atoms with Gasteiger partial charge in [-0.15, -0.1) is 0 Å². The summed E-state index contributed by atoms with van der Waals surface area (Å²) in [7, 11) is 0. The molecule has 0 saturated carbocycles. The van der Waals surface area contributed by atoms with Gasteiger partial charge in [-0.3, -0.25) is 0 Å². The van der Waals surface area contributed by atoms with Gasteiger partial charge >= 0.3 is 18.4 Å². The molecule has 2 aromatic rings. The van der Waals surface area contributed by atoms with Gasteiger partial charge in [0.2, 0.25) is 0 Å². The van der Waals surface area contributed by atoms with Crippen LogP contribution in [0.3, 0.4) is 0 Å². The zero-order chi connectivity index (χ0) is 26.7. The number of aryl methyl sites for hydroxylation is 1. The van der Waals surface area contributed by atoms with Gasteiger partial charge in [0.1, 0.15) is 5.60 Å². The van der Waals surface area contributed by atoms with Crippen molar-refractivity contribution in [2.45, 2.75) is 70.6 Å². The Kier molecular flexibility index (Phi) is 8.27. The third kappa shape index (κ3) is 7.38. The van der Waals surface area contributed by atoms with E-state index in [9.17, 15) is 31.1 Å². The van der Waals surface area contributed by atoms with Crippen LogP contribution in [0.15, 0.2) is 42.5 Å². The van der Waals surface area contributed by atoms with E-state index in [0.29, 0.717) is 18.7 Å². The summed E-state index contributed by atoms with van der Waals surface area (Å²) in [5.41, 5.74) is -2.17. The van der Waals surface area contributed by atoms with Crippen molar-refractivity contribution in [3.05, 3.63) is 70.3 Å². The number of nitrogens with zero attached hydrogens (tertiary/aromatic N) is 1. The number of alkyl halides is 6. The molecule has 1 aliphatic rings. The molecule has 1 amide bonds. The molecule has 1 unspecified atom stereocenters. The standard InChI is InChI=1S/C26H29F6NO3/c1-17-7-9-19(10-8-17)22-6-4-5-11-33(22)23(34)36-24(2,3)16-35-15-18-12-20(25(27,28)29)14-21(13-18)26(30,31)32/h7-10,12-14,22H,4-6,11,15-16H2,1-3H3. The molecule has 3 rings (SSSR count). The van der Waals surface area contributed by atoms with Crippen molar-refractivity contribution in [2.75, 3.05) is 13.2 Å². The number of hydrogen-bond acceptors (Lipinski definition) is 3. The molecule has 10 heteroatoms. The fourth-order valence-electron chi connectivity index (χ4n) is 4.13. The summed E-state index contributed by atoms with van der Waals surface area (Å²) in [6, 6.07) is 9.07. The number of hydrogen-bond donors (Lipinski definition) is 0. The van der Waals surface area contributed by atoms with Gasteiger partial charge in [-0.25, -0.2) is 4.79 Å². The van der Waals surface area contributed by atoms with Crippen molar-refractivity contribution in [3.8, 4) is 0 Å². The number of amides is 1. The second-order valence-electron chi connectivity index (χ2n) is 9.65. The zero-order valence-electron chi connectivity index (χ0n) is 20.3. The van der Waals surface area contributed by atoms with Crippen molar-refractivity contribution < 1.29 is 40.6 Å². The number of halogens is 6. The van der Waals surface area contributed by atoms with Crippen LogP contribution < -0.4 is 0 Å². The molecule has 0 spiro atoms. The molecule has 198 valence electrons. The van der Waals surface area contributed by atoms with Gasteiger partial charge < -0.3 is 14.4 Å². The van der Waals surface area contributed by atoms with E-state index in [4.69, 9.17) is 9.47 Å². The quantitative estimate of drug-likeness (QED) is 0.369. The van der Waals surface area contributed by atoms with Gasteiger partial charge in [0.05, 0.1) is 30.4 Å². The van der Waals surface area contributed by atoms with Crippen LogP contribution in [0.1, 0.15) is 67.0 Å². The summed E-state index contributed by atoms with van der Waals surface area (Å²) >= 11 is 0. The molecule has 2 aromatic carbocycles. The average molecular weight is 518 g/mol. The van der Waals surface area contributed by atoms with E-state index in [-0.39, 0.29) is 24.3 Å². The third-order valence-corrected chi connectivity index (χ3v) is 5.93. The number of benzene rings is 2. The lowest BCUT2D eigenvalue weighted by Crippen LogP contribution is -2.44. The smallest absolute Gasteiger partial charge is 0.416 e. The molecule has 4 nitrogen and oxygen atoms in total. The monoisotopic (exact) mass is 517 g/mol. The number of likely N-dealkylation sites (tertiary alicyclic amines) is 1. The lowest BCUT2D eigenvalue weighted by molar-refractivity contribution is -0.143. The highest BCUT2D eigenvalue weighted by molar-refractivity contribution is 5.69. The maximum absolute atomic E-state index is 13.1. The molecule has 0 N–H and O–H groups in total. The number of carbonyl (C=O) groups excluding carboxylic acids is 1. The molecular weight excluding hydrogens is 488 g/mol. The van der Waals surface area contributed by atoms with Crippen LogP contribution in [0, 0.1) is 6.92 Å². The summed E-state index contributed by atoms with van der Waals surface area (Å²) in [4.78, 5) is 14.7. The second kappa shape index (κ2) is 10.7. The highest BCUT2D eigenvalue weighted by atomic mass is 19.4. The van der Waals surface area contributed by atoms with Gasteiger partial charge in [-0.2, -0.15) is 26.3 Å². The Bertz CT molecular complexity index is 1010. The van der Waals surface area contributed by atoms with Crippen LogP contribution in [0.4, 0.5) is 31.1 Å². The normalized spacial score (nSPS) is 17.2. The van der Waals surface area contributed by atoms with Crippen molar-refractivity contribution >= 4 is 6.09 Å². The Hall–Kier alpha value is -2.75. The minimum atomic E-state index is -4.94. The fraction of sp³-hybridized carbons (Fsp3) is 0.500. The fourth-order valence-corrected chi connectivity index (χ4v) is 4.13. The topological polar surface area (TPSA) is 38.8 Å². The molecule has 1 fully saturated rings. The summed E-state index contributed by atoms with van der Waals surface area (Å²) in [5.74, 6) is 0. The van der Waals surface area contributed by atoms with Crippen molar-refractivity contribution in [1.29, 1.82) is 0 Å². The second-order valence-corrected chi connectivity index (χ2v) is 9.65. The molecule has 0 aliphatic carbocycles. The van der Waals surface area contributed by atoms with Crippen LogP contribution in [0.25, 0.3) is 0 Å². The molecule has 1 saturated heterocycles. The molecule has 1 atom stereocenters. The summed E-state index contributed by atoms with van der Waals surface area (Å²) in [5, 5.41) is 0. The minimum absolute atomic E-state index is 0.0678. The van der Waals surface area contributed by atoms with Crippen LogP contribution >= 0.6 is 0 Å². The van der Waals surface area contributed by atoms with Crippen molar-refractivity contribution in [2.24, 2.45) is 0 Å². The predicted molar refractivity (Wildman–Crippen MR) is 121 cm³/mol. The molecule has 0 aromatic heterocycles. The zero-order valence-corrected chi connectivity index (χ0v) is 20.3. The lowest BCUT2D eigenvalue weighted by Gasteiger charge is -2.37. The molecule has 0 radical (unpaired) electrons. The Morgan fingerprint density at radius 3 is 2.08 bits per heavy atom. The Morgan fingerprint density at radius 1 is 0.944 bits per heavy atom. The van der Waals surface area contributed by atoms with Crippen LogP contribution in [-0.2, 0) is 28.4 Å². The van der Waals surface area contributed by atoms with Crippen LogP contribution in [0.2, 0.25) is 0 Å². The largest absolute Gasteiger partial charge is 0.441 e. The molecular formula is C26H29F6NO3. The van der Waals surface area contributed by atoms with Crippen LogP contribution in [-0.4, -0.2) is 29.7 Å².